The molecule has 0 aliphatic rings. The minimum absolute atomic E-state index is 0.168. The van der Waals surface area contributed by atoms with Crippen molar-refractivity contribution in [3.05, 3.63) is 65.7 Å². The number of carbonyl (C=O) groups excluding carboxylic acids is 1. The number of ether oxygens (including phenoxy) is 1. The van der Waals surface area contributed by atoms with Gasteiger partial charge in [0.1, 0.15) is 18.2 Å². The molecule has 2 heterocycles. The lowest BCUT2D eigenvalue weighted by Gasteiger charge is -2.08. The van der Waals surface area contributed by atoms with Crippen molar-refractivity contribution >= 4 is 16.9 Å². The van der Waals surface area contributed by atoms with Gasteiger partial charge in [0.15, 0.2) is 5.82 Å². The molecule has 0 aliphatic heterocycles. The Morgan fingerprint density at radius 1 is 1.10 bits per heavy atom. The van der Waals surface area contributed by atoms with Crippen molar-refractivity contribution < 1.29 is 9.53 Å². The lowest BCUT2D eigenvalue weighted by atomic mass is 10.2. The van der Waals surface area contributed by atoms with E-state index in [9.17, 15) is 4.79 Å². The molecule has 1 N–H and O–H groups in total. The Hall–Kier alpha value is -3.75. The average molecular weight is 391 g/mol. The van der Waals surface area contributed by atoms with Crippen LogP contribution in [0.1, 0.15) is 28.9 Å². The zero-order valence-electron chi connectivity index (χ0n) is 16.2. The third-order valence-electron chi connectivity index (χ3n) is 4.68. The summed E-state index contributed by atoms with van der Waals surface area (Å²) in [5.41, 5.74) is 2.50. The average Bonchev–Trinajstić information content (AvgIpc) is 3.35. The van der Waals surface area contributed by atoms with E-state index in [1.807, 2.05) is 42.8 Å². The fourth-order valence-electron chi connectivity index (χ4n) is 3.04. The van der Waals surface area contributed by atoms with Crippen LogP contribution in [0.25, 0.3) is 11.0 Å². The summed E-state index contributed by atoms with van der Waals surface area (Å²) in [7, 11) is 1.94. The minimum Gasteiger partial charge on any atom is -0.486 e. The molecule has 0 radical (unpaired) electrons. The minimum atomic E-state index is -0.168. The van der Waals surface area contributed by atoms with Gasteiger partial charge in [0, 0.05) is 19.2 Å². The number of rotatable bonds is 7. The molecular weight excluding hydrogens is 370 g/mol. The monoisotopic (exact) mass is 391 g/mol. The van der Waals surface area contributed by atoms with E-state index in [1.54, 1.807) is 28.9 Å². The topological polar surface area (TPSA) is 99.8 Å². The van der Waals surface area contributed by atoms with E-state index < -0.39 is 0 Å². The molecule has 0 unspecified atom stereocenters. The third-order valence-corrected chi connectivity index (χ3v) is 4.68. The van der Waals surface area contributed by atoms with Gasteiger partial charge in [-0.15, -0.1) is 5.10 Å². The first-order valence-corrected chi connectivity index (χ1v) is 9.32. The number of para-hydroxylation sites is 2. The van der Waals surface area contributed by atoms with Crippen molar-refractivity contribution in [2.24, 2.45) is 7.05 Å². The lowest BCUT2D eigenvalue weighted by molar-refractivity contribution is 0.0949. The van der Waals surface area contributed by atoms with Gasteiger partial charge in [-0.25, -0.2) is 9.67 Å². The highest BCUT2D eigenvalue weighted by Crippen LogP contribution is 2.15. The van der Waals surface area contributed by atoms with Gasteiger partial charge in [0.2, 0.25) is 0 Å². The van der Waals surface area contributed by atoms with Gasteiger partial charge in [0.05, 0.1) is 17.6 Å². The highest BCUT2D eigenvalue weighted by molar-refractivity contribution is 5.94. The SMILES string of the molecule is CCn1nnnc1COc1ccc(C(=O)NCc2nc3ccccc3n2C)cc1. The van der Waals surface area contributed by atoms with Crippen LogP contribution in [-0.2, 0) is 26.7 Å². The van der Waals surface area contributed by atoms with Gasteiger partial charge >= 0.3 is 0 Å². The molecule has 9 heteroatoms. The number of hydrogen-bond donors (Lipinski definition) is 1. The van der Waals surface area contributed by atoms with Gasteiger partial charge in [-0.2, -0.15) is 0 Å². The Morgan fingerprint density at radius 3 is 2.66 bits per heavy atom. The summed E-state index contributed by atoms with van der Waals surface area (Å²) < 4.78 is 9.35. The van der Waals surface area contributed by atoms with Crippen molar-refractivity contribution in [3.63, 3.8) is 0 Å². The lowest BCUT2D eigenvalue weighted by Crippen LogP contribution is -2.24. The van der Waals surface area contributed by atoms with E-state index in [1.165, 1.54) is 0 Å². The van der Waals surface area contributed by atoms with Crippen LogP contribution in [0.3, 0.4) is 0 Å². The summed E-state index contributed by atoms with van der Waals surface area (Å²) in [5, 5.41) is 14.3. The first-order chi connectivity index (χ1) is 14.2. The number of tetrazole rings is 1. The van der Waals surface area contributed by atoms with Crippen LogP contribution in [0.2, 0.25) is 0 Å². The largest absolute Gasteiger partial charge is 0.486 e. The summed E-state index contributed by atoms with van der Waals surface area (Å²) in [4.78, 5) is 17.0. The molecule has 0 aliphatic carbocycles. The number of amides is 1. The molecule has 29 heavy (non-hydrogen) atoms. The van der Waals surface area contributed by atoms with E-state index in [2.05, 4.69) is 25.8 Å². The summed E-state index contributed by atoms with van der Waals surface area (Å²) >= 11 is 0. The van der Waals surface area contributed by atoms with Crippen LogP contribution in [0.15, 0.2) is 48.5 Å². The molecule has 0 saturated heterocycles. The van der Waals surface area contributed by atoms with E-state index in [0.717, 1.165) is 16.9 Å². The third kappa shape index (κ3) is 3.93. The van der Waals surface area contributed by atoms with E-state index in [4.69, 9.17) is 4.74 Å². The summed E-state index contributed by atoms with van der Waals surface area (Å²) in [6, 6.07) is 14.8. The van der Waals surface area contributed by atoms with Crippen LogP contribution in [0.5, 0.6) is 5.75 Å². The fourth-order valence-corrected chi connectivity index (χ4v) is 3.04. The maximum absolute atomic E-state index is 12.5. The Bertz CT molecular complexity index is 1130. The number of hydrogen-bond acceptors (Lipinski definition) is 6. The van der Waals surface area contributed by atoms with Gasteiger partial charge in [-0.05, 0) is 53.7 Å². The second-order valence-electron chi connectivity index (χ2n) is 6.48. The predicted octanol–water partition coefficient (Wildman–Crippen LogP) is 2.09. The van der Waals surface area contributed by atoms with Crippen LogP contribution in [0.4, 0.5) is 0 Å². The molecule has 148 valence electrons. The van der Waals surface area contributed by atoms with Crippen molar-refractivity contribution in [2.45, 2.75) is 26.6 Å². The van der Waals surface area contributed by atoms with E-state index in [0.29, 0.717) is 30.2 Å². The van der Waals surface area contributed by atoms with Crippen molar-refractivity contribution in [3.8, 4) is 5.75 Å². The number of fused-ring (bicyclic) bond motifs is 1. The number of carbonyl (C=O) groups is 1. The first-order valence-electron chi connectivity index (χ1n) is 9.32. The van der Waals surface area contributed by atoms with Gasteiger partial charge in [-0.1, -0.05) is 12.1 Å². The van der Waals surface area contributed by atoms with Crippen molar-refractivity contribution in [1.82, 2.24) is 35.1 Å². The molecule has 4 rings (SSSR count). The Balaban J connectivity index is 1.35. The molecule has 2 aromatic heterocycles. The zero-order valence-corrected chi connectivity index (χ0v) is 16.2. The molecule has 4 aromatic rings. The molecule has 0 bridgehead atoms. The standard InChI is InChI=1S/C20H21N7O2/c1-3-27-19(23-24-25-27)13-29-15-10-8-14(9-11-15)20(28)21-12-18-22-16-6-4-5-7-17(16)26(18)2/h4-11H,3,12-13H2,1-2H3,(H,21,28). The maximum atomic E-state index is 12.5. The molecule has 0 fully saturated rings. The van der Waals surface area contributed by atoms with E-state index in [-0.39, 0.29) is 12.5 Å². The zero-order chi connectivity index (χ0) is 20.2. The van der Waals surface area contributed by atoms with Crippen LogP contribution < -0.4 is 10.1 Å². The second kappa shape index (κ2) is 8.09. The number of imidazole rings is 1. The van der Waals surface area contributed by atoms with Crippen molar-refractivity contribution in [1.29, 1.82) is 0 Å². The van der Waals surface area contributed by atoms with Crippen molar-refractivity contribution in [2.75, 3.05) is 0 Å². The second-order valence-corrected chi connectivity index (χ2v) is 6.48. The first kappa shape index (κ1) is 18.6. The summed E-state index contributed by atoms with van der Waals surface area (Å²) in [6.07, 6.45) is 0. The summed E-state index contributed by atoms with van der Waals surface area (Å²) in [5.74, 6) is 1.92. The van der Waals surface area contributed by atoms with Crippen LogP contribution >= 0.6 is 0 Å². The molecule has 0 spiro atoms. The molecule has 0 saturated carbocycles. The number of aryl methyl sites for hydroxylation is 2. The molecule has 2 aromatic carbocycles. The predicted molar refractivity (Wildman–Crippen MR) is 106 cm³/mol. The fraction of sp³-hybridized carbons (Fsp3) is 0.250. The number of aromatic nitrogens is 6. The van der Waals surface area contributed by atoms with Gasteiger partial charge < -0.3 is 14.6 Å². The highest BCUT2D eigenvalue weighted by atomic mass is 16.5. The number of benzene rings is 2. The highest BCUT2D eigenvalue weighted by Gasteiger charge is 2.11. The normalized spacial score (nSPS) is 11.0. The number of nitrogens with zero attached hydrogens (tertiary/aromatic N) is 6. The molecular formula is C20H21N7O2. The van der Waals surface area contributed by atoms with Crippen LogP contribution in [-0.4, -0.2) is 35.7 Å². The molecule has 1 amide bonds. The number of nitrogens with one attached hydrogen (secondary N) is 1. The Morgan fingerprint density at radius 2 is 1.90 bits per heavy atom. The van der Waals surface area contributed by atoms with Gasteiger partial charge in [-0.3, -0.25) is 4.79 Å². The van der Waals surface area contributed by atoms with Crippen LogP contribution in [0, 0.1) is 0 Å². The maximum Gasteiger partial charge on any atom is 0.251 e. The quantitative estimate of drug-likeness (QED) is 0.518. The molecule has 9 nitrogen and oxygen atoms in total. The van der Waals surface area contributed by atoms with Gasteiger partial charge in [0.25, 0.3) is 5.91 Å². The van der Waals surface area contributed by atoms with E-state index >= 15 is 0 Å². The Labute approximate surface area is 167 Å². The smallest absolute Gasteiger partial charge is 0.251 e. The molecule has 0 atom stereocenters. The Kier molecular flexibility index (Phi) is 5.19. The summed E-state index contributed by atoms with van der Waals surface area (Å²) in [6.45, 7) is 3.25.